The van der Waals surface area contributed by atoms with E-state index >= 15 is 0 Å². The second kappa shape index (κ2) is 8.24. The van der Waals surface area contributed by atoms with Gasteiger partial charge in [-0.1, -0.05) is 45.4 Å². The van der Waals surface area contributed by atoms with Gasteiger partial charge in [0.2, 0.25) is 0 Å². The van der Waals surface area contributed by atoms with E-state index in [1.807, 2.05) is 19.1 Å². The third-order valence-electron chi connectivity index (χ3n) is 3.11. The first-order valence-electron chi connectivity index (χ1n) is 6.84. The van der Waals surface area contributed by atoms with Crippen LogP contribution >= 0.6 is 0 Å². The summed E-state index contributed by atoms with van der Waals surface area (Å²) in [4.78, 5) is 4.22. The quantitative estimate of drug-likeness (QED) is 0.686. The smallest absolute Gasteiger partial charge is 0.0959 e. The summed E-state index contributed by atoms with van der Waals surface area (Å²) < 4.78 is 0. The van der Waals surface area contributed by atoms with Gasteiger partial charge in [-0.15, -0.1) is 0 Å². The largest absolute Gasteiger partial charge is 0.387 e. The van der Waals surface area contributed by atoms with Crippen LogP contribution in [0.5, 0.6) is 0 Å². The zero-order valence-electron chi connectivity index (χ0n) is 11.2. The van der Waals surface area contributed by atoms with Gasteiger partial charge in [-0.05, 0) is 31.0 Å². The van der Waals surface area contributed by atoms with E-state index in [1.165, 1.54) is 32.1 Å². The topological polar surface area (TPSA) is 33.1 Å². The molecule has 1 rings (SSSR count). The van der Waals surface area contributed by atoms with Crippen molar-refractivity contribution in [2.24, 2.45) is 0 Å². The van der Waals surface area contributed by atoms with Crippen molar-refractivity contribution in [3.63, 3.8) is 0 Å². The van der Waals surface area contributed by atoms with E-state index in [0.29, 0.717) is 0 Å². The number of rotatable bonds is 8. The van der Waals surface area contributed by atoms with Crippen molar-refractivity contribution in [2.75, 3.05) is 0 Å². The van der Waals surface area contributed by atoms with Crippen molar-refractivity contribution in [2.45, 2.75) is 64.9 Å². The van der Waals surface area contributed by atoms with Crippen LogP contribution in [-0.2, 0) is 0 Å². The summed E-state index contributed by atoms with van der Waals surface area (Å²) in [5.74, 6) is 0. The Bertz CT molecular complexity index is 312. The normalized spacial score (nSPS) is 12.6. The lowest BCUT2D eigenvalue weighted by molar-refractivity contribution is 0.158. The van der Waals surface area contributed by atoms with E-state index in [-0.39, 0.29) is 6.10 Å². The number of aromatic nitrogens is 1. The maximum atomic E-state index is 9.99. The lowest BCUT2D eigenvalue weighted by atomic mass is 10.0. The fraction of sp³-hybridized carbons (Fsp3) is 0.667. The summed E-state index contributed by atoms with van der Waals surface area (Å²) in [6, 6.07) is 3.93. The molecule has 1 atom stereocenters. The van der Waals surface area contributed by atoms with Gasteiger partial charge in [-0.3, -0.25) is 4.98 Å². The van der Waals surface area contributed by atoms with Gasteiger partial charge >= 0.3 is 0 Å². The van der Waals surface area contributed by atoms with Crippen molar-refractivity contribution in [3.05, 3.63) is 29.6 Å². The summed E-state index contributed by atoms with van der Waals surface area (Å²) in [6.45, 7) is 4.26. The monoisotopic (exact) mass is 235 g/mol. The van der Waals surface area contributed by atoms with E-state index < -0.39 is 0 Å². The van der Waals surface area contributed by atoms with Gasteiger partial charge in [0, 0.05) is 6.20 Å². The molecule has 0 radical (unpaired) electrons. The standard InChI is InChI=1S/C15H25NO/c1-3-4-5-6-7-8-9-15(17)14-12-13(2)10-11-16-14/h10-12,15,17H,3-9H2,1-2H3. The molecule has 0 spiro atoms. The van der Waals surface area contributed by atoms with E-state index in [2.05, 4.69) is 11.9 Å². The highest BCUT2D eigenvalue weighted by Crippen LogP contribution is 2.19. The molecule has 2 nitrogen and oxygen atoms in total. The summed E-state index contributed by atoms with van der Waals surface area (Å²) >= 11 is 0. The second-order valence-electron chi connectivity index (χ2n) is 4.83. The number of unbranched alkanes of at least 4 members (excludes halogenated alkanes) is 5. The minimum Gasteiger partial charge on any atom is -0.387 e. The predicted molar refractivity (Wildman–Crippen MR) is 71.9 cm³/mol. The average Bonchev–Trinajstić information content (AvgIpc) is 2.33. The van der Waals surface area contributed by atoms with Gasteiger partial charge in [-0.25, -0.2) is 0 Å². The molecule has 1 aromatic rings. The number of hydrogen-bond acceptors (Lipinski definition) is 2. The van der Waals surface area contributed by atoms with Crippen LogP contribution in [-0.4, -0.2) is 10.1 Å². The Morgan fingerprint density at radius 3 is 2.59 bits per heavy atom. The SMILES string of the molecule is CCCCCCCCC(O)c1cc(C)ccn1. The lowest BCUT2D eigenvalue weighted by Crippen LogP contribution is -2.00. The van der Waals surface area contributed by atoms with Crippen molar-refractivity contribution in [3.8, 4) is 0 Å². The highest BCUT2D eigenvalue weighted by atomic mass is 16.3. The highest BCUT2D eigenvalue weighted by molar-refractivity contribution is 5.15. The fourth-order valence-corrected chi connectivity index (χ4v) is 2.01. The van der Waals surface area contributed by atoms with Gasteiger partial charge in [0.05, 0.1) is 11.8 Å². The minimum atomic E-state index is -0.388. The van der Waals surface area contributed by atoms with Crippen LogP contribution in [0.3, 0.4) is 0 Å². The molecule has 96 valence electrons. The lowest BCUT2D eigenvalue weighted by Gasteiger charge is -2.10. The van der Waals surface area contributed by atoms with Gasteiger partial charge in [0.1, 0.15) is 0 Å². The average molecular weight is 235 g/mol. The third kappa shape index (κ3) is 5.83. The molecule has 17 heavy (non-hydrogen) atoms. The van der Waals surface area contributed by atoms with Crippen LogP contribution in [0, 0.1) is 6.92 Å². The predicted octanol–water partition coefficient (Wildman–Crippen LogP) is 4.17. The zero-order chi connectivity index (χ0) is 12.5. The first-order valence-corrected chi connectivity index (χ1v) is 6.84. The molecular formula is C15H25NO. The molecule has 0 aliphatic rings. The van der Waals surface area contributed by atoms with Gasteiger partial charge in [-0.2, -0.15) is 0 Å². The van der Waals surface area contributed by atoms with Gasteiger partial charge < -0.3 is 5.11 Å². The first kappa shape index (κ1) is 14.2. The Balaban J connectivity index is 2.19. The molecule has 1 heterocycles. The maximum Gasteiger partial charge on any atom is 0.0959 e. The Labute approximate surface area is 105 Å². The Morgan fingerprint density at radius 1 is 1.18 bits per heavy atom. The van der Waals surface area contributed by atoms with Crippen LogP contribution in [0.15, 0.2) is 18.3 Å². The van der Waals surface area contributed by atoms with E-state index in [4.69, 9.17) is 0 Å². The van der Waals surface area contributed by atoms with Crippen molar-refractivity contribution in [1.82, 2.24) is 4.98 Å². The number of nitrogens with zero attached hydrogens (tertiary/aromatic N) is 1. The second-order valence-corrected chi connectivity index (χ2v) is 4.83. The Hall–Kier alpha value is -0.890. The molecule has 2 heteroatoms. The molecule has 0 saturated carbocycles. The van der Waals surface area contributed by atoms with Crippen molar-refractivity contribution in [1.29, 1.82) is 0 Å². The third-order valence-corrected chi connectivity index (χ3v) is 3.11. The molecular weight excluding hydrogens is 210 g/mol. The van der Waals surface area contributed by atoms with E-state index in [9.17, 15) is 5.11 Å². The zero-order valence-corrected chi connectivity index (χ0v) is 11.2. The molecule has 1 unspecified atom stereocenters. The molecule has 1 aromatic heterocycles. The number of aliphatic hydroxyl groups excluding tert-OH is 1. The van der Waals surface area contributed by atoms with E-state index in [1.54, 1.807) is 6.20 Å². The molecule has 0 aromatic carbocycles. The number of hydrogen-bond donors (Lipinski definition) is 1. The Morgan fingerprint density at radius 2 is 1.88 bits per heavy atom. The number of aliphatic hydroxyl groups is 1. The molecule has 0 aliphatic heterocycles. The molecule has 1 N–H and O–H groups in total. The number of aryl methyl sites for hydroxylation is 1. The van der Waals surface area contributed by atoms with Crippen molar-refractivity contribution < 1.29 is 5.11 Å². The van der Waals surface area contributed by atoms with Crippen LogP contribution in [0.4, 0.5) is 0 Å². The summed E-state index contributed by atoms with van der Waals surface area (Å²) in [6.07, 6.45) is 9.79. The van der Waals surface area contributed by atoms with Gasteiger partial charge in [0.25, 0.3) is 0 Å². The number of pyridine rings is 1. The van der Waals surface area contributed by atoms with Crippen molar-refractivity contribution >= 4 is 0 Å². The maximum absolute atomic E-state index is 9.99. The minimum absolute atomic E-state index is 0.388. The molecule has 0 fully saturated rings. The highest BCUT2D eigenvalue weighted by Gasteiger charge is 2.08. The summed E-state index contributed by atoms with van der Waals surface area (Å²) in [7, 11) is 0. The first-order chi connectivity index (χ1) is 8.24. The Kier molecular flexibility index (Phi) is 6.87. The van der Waals surface area contributed by atoms with Crippen LogP contribution in [0.1, 0.15) is 69.2 Å². The van der Waals surface area contributed by atoms with Crippen LogP contribution < -0.4 is 0 Å². The van der Waals surface area contributed by atoms with Crippen LogP contribution in [0.25, 0.3) is 0 Å². The van der Waals surface area contributed by atoms with Gasteiger partial charge in [0.15, 0.2) is 0 Å². The molecule has 0 aliphatic carbocycles. The van der Waals surface area contributed by atoms with E-state index in [0.717, 1.165) is 24.1 Å². The van der Waals surface area contributed by atoms with Crippen LogP contribution in [0.2, 0.25) is 0 Å². The summed E-state index contributed by atoms with van der Waals surface area (Å²) in [5, 5.41) is 9.99. The molecule has 0 bridgehead atoms. The molecule has 0 amide bonds. The fourth-order valence-electron chi connectivity index (χ4n) is 2.01. The summed E-state index contributed by atoms with van der Waals surface area (Å²) in [5.41, 5.74) is 1.98. The molecule has 0 saturated heterocycles.